The van der Waals surface area contributed by atoms with Crippen molar-refractivity contribution in [3.63, 3.8) is 0 Å². The highest BCUT2D eigenvalue weighted by atomic mass is 14.9. The Morgan fingerprint density at radius 3 is 2.75 bits per heavy atom. The van der Waals surface area contributed by atoms with Crippen molar-refractivity contribution in [3.8, 4) is 11.4 Å². The number of nitrogens with one attached hydrogen (secondary N) is 1. The van der Waals surface area contributed by atoms with E-state index in [0.717, 1.165) is 28.8 Å². The van der Waals surface area contributed by atoms with Crippen LogP contribution in [-0.4, -0.2) is 16.5 Å². The summed E-state index contributed by atoms with van der Waals surface area (Å²) in [5.41, 5.74) is 12.7. The Kier molecular flexibility index (Phi) is 3.28. The molecule has 0 aliphatic carbocycles. The van der Waals surface area contributed by atoms with E-state index in [1.54, 1.807) is 0 Å². The van der Waals surface area contributed by atoms with Crippen LogP contribution in [-0.2, 0) is 6.42 Å². The minimum Gasteiger partial charge on any atom is -0.338 e. The predicted molar refractivity (Wildman–Crippen MR) is 83.8 cm³/mol. The lowest BCUT2D eigenvalue weighted by Gasteiger charge is -2.05. The third kappa shape index (κ3) is 2.21. The third-order valence-corrected chi connectivity index (χ3v) is 3.61. The van der Waals surface area contributed by atoms with Crippen molar-refractivity contribution < 1.29 is 0 Å². The van der Waals surface area contributed by atoms with E-state index >= 15 is 0 Å². The number of hydrogen-bond acceptors (Lipinski definition) is 2. The molecular weight excluding hydrogens is 246 g/mol. The lowest BCUT2D eigenvalue weighted by Crippen LogP contribution is -2.04. The summed E-state index contributed by atoms with van der Waals surface area (Å²) in [7, 11) is 0. The smallest absolute Gasteiger partial charge is 0.138 e. The van der Waals surface area contributed by atoms with Gasteiger partial charge in [0.05, 0.1) is 11.0 Å². The molecule has 3 rings (SSSR count). The quantitative estimate of drug-likeness (QED) is 0.763. The summed E-state index contributed by atoms with van der Waals surface area (Å²) >= 11 is 0. The van der Waals surface area contributed by atoms with Crippen LogP contribution in [0.25, 0.3) is 22.4 Å². The Morgan fingerprint density at radius 2 is 1.95 bits per heavy atom. The van der Waals surface area contributed by atoms with E-state index in [0.29, 0.717) is 6.54 Å². The van der Waals surface area contributed by atoms with Crippen LogP contribution in [0.4, 0.5) is 0 Å². The second kappa shape index (κ2) is 5.10. The van der Waals surface area contributed by atoms with E-state index in [4.69, 9.17) is 10.7 Å². The fraction of sp³-hybridized carbons (Fsp3) is 0.235. The Morgan fingerprint density at radius 1 is 1.15 bits per heavy atom. The molecule has 0 spiro atoms. The molecule has 0 bridgehead atoms. The molecule has 0 aliphatic heterocycles. The maximum atomic E-state index is 5.70. The second-order valence-electron chi connectivity index (χ2n) is 5.26. The number of aromatic nitrogens is 2. The zero-order chi connectivity index (χ0) is 14.1. The highest BCUT2D eigenvalue weighted by molar-refractivity contribution is 5.83. The first-order valence-corrected chi connectivity index (χ1v) is 6.94. The third-order valence-electron chi connectivity index (χ3n) is 3.61. The zero-order valence-corrected chi connectivity index (χ0v) is 11.9. The number of hydrogen-bond donors (Lipinski definition) is 2. The number of fused-ring (bicyclic) bond motifs is 1. The normalized spacial score (nSPS) is 11.2. The topological polar surface area (TPSA) is 54.7 Å². The van der Waals surface area contributed by atoms with Gasteiger partial charge in [-0.15, -0.1) is 0 Å². The number of H-pyrrole nitrogens is 1. The molecule has 0 saturated heterocycles. The molecule has 3 N–H and O–H groups in total. The number of imidazole rings is 1. The van der Waals surface area contributed by atoms with Crippen molar-refractivity contribution in [2.45, 2.75) is 20.3 Å². The van der Waals surface area contributed by atoms with E-state index < -0.39 is 0 Å². The average Bonchev–Trinajstić information content (AvgIpc) is 2.83. The lowest BCUT2D eigenvalue weighted by molar-refractivity contribution is 0.968. The first kappa shape index (κ1) is 12.9. The van der Waals surface area contributed by atoms with Crippen LogP contribution >= 0.6 is 0 Å². The highest BCUT2D eigenvalue weighted by Crippen LogP contribution is 2.26. The molecule has 20 heavy (non-hydrogen) atoms. The van der Waals surface area contributed by atoms with Gasteiger partial charge in [-0.25, -0.2) is 4.98 Å². The van der Waals surface area contributed by atoms with Crippen LogP contribution in [0.1, 0.15) is 16.7 Å². The van der Waals surface area contributed by atoms with Gasteiger partial charge in [0, 0.05) is 5.56 Å². The van der Waals surface area contributed by atoms with Crippen LogP contribution < -0.4 is 5.73 Å². The van der Waals surface area contributed by atoms with Crippen molar-refractivity contribution in [2.24, 2.45) is 5.73 Å². The zero-order valence-electron chi connectivity index (χ0n) is 11.9. The fourth-order valence-corrected chi connectivity index (χ4v) is 2.72. The average molecular weight is 265 g/mol. The summed E-state index contributed by atoms with van der Waals surface area (Å²) in [4.78, 5) is 8.21. The minimum atomic E-state index is 0.648. The van der Waals surface area contributed by atoms with E-state index in [-0.39, 0.29) is 0 Å². The van der Waals surface area contributed by atoms with Gasteiger partial charge in [0.1, 0.15) is 5.82 Å². The Labute approximate surface area is 118 Å². The van der Waals surface area contributed by atoms with Crippen molar-refractivity contribution >= 4 is 11.0 Å². The minimum absolute atomic E-state index is 0.648. The van der Waals surface area contributed by atoms with Crippen LogP contribution in [0.15, 0.2) is 36.4 Å². The summed E-state index contributed by atoms with van der Waals surface area (Å²) in [6.45, 7) is 4.86. The Balaban J connectivity index is 2.18. The van der Waals surface area contributed by atoms with Crippen LogP contribution in [0.3, 0.4) is 0 Å². The van der Waals surface area contributed by atoms with Gasteiger partial charge < -0.3 is 10.7 Å². The number of nitrogens with two attached hydrogens (primary N) is 1. The highest BCUT2D eigenvalue weighted by Gasteiger charge is 2.10. The monoisotopic (exact) mass is 265 g/mol. The van der Waals surface area contributed by atoms with E-state index in [2.05, 4.69) is 43.1 Å². The number of nitrogens with zero attached hydrogens (tertiary/aromatic N) is 1. The molecule has 3 nitrogen and oxygen atoms in total. The van der Waals surface area contributed by atoms with E-state index in [9.17, 15) is 0 Å². The van der Waals surface area contributed by atoms with Gasteiger partial charge in [0.2, 0.25) is 0 Å². The molecule has 1 heterocycles. The summed E-state index contributed by atoms with van der Waals surface area (Å²) in [6, 6.07) is 12.6. The molecule has 0 amide bonds. The van der Waals surface area contributed by atoms with Gasteiger partial charge in [-0.2, -0.15) is 0 Å². The first-order chi connectivity index (χ1) is 9.69. The standard InChI is InChI=1S/C17H19N3/c1-11-9-12(2)16-15(10-11)19-17(20-16)14-6-4-3-5-13(14)7-8-18/h3-6,9-10H,7-8,18H2,1-2H3,(H,19,20). The molecule has 3 heteroatoms. The maximum absolute atomic E-state index is 5.70. The van der Waals surface area contributed by atoms with Crippen LogP contribution in [0, 0.1) is 13.8 Å². The van der Waals surface area contributed by atoms with Crippen LogP contribution in [0.5, 0.6) is 0 Å². The predicted octanol–water partition coefficient (Wildman–Crippen LogP) is 3.35. The number of rotatable bonds is 3. The molecule has 0 atom stereocenters. The Hall–Kier alpha value is -2.13. The van der Waals surface area contributed by atoms with E-state index in [1.807, 2.05) is 12.1 Å². The molecule has 0 radical (unpaired) electrons. The van der Waals surface area contributed by atoms with E-state index in [1.165, 1.54) is 16.7 Å². The molecule has 0 fully saturated rings. The van der Waals surface area contributed by atoms with Gasteiger partial charge in [-0.3, -0.25) is 0 Å². The Bertz CT molecular complexity index is 756. The molecule has 3 aromatic rings. The largest absolute Gasteiger partial charge is 0.338 e. The number of aryl methyl sites for hydroxylation is 2. The fourth-order valence-electron chi connectivity index (χ4n) is 2.72. The number of benzene rings is 2. The summed E-state index contributed by atoms with van der Waals surface area (Å²) in [5.74, 6) is 0.928. The van der Waals surface area contributed by atoms with Gasteiger partial charge in [0.25, 0.3) is 0 Å². The molecule has 0 unspecified atom stereocenters. The van der Waals surface area contributed by atoms with Gasteiger partial charge in [-0.1, -0.05) is 30.3 Å². The molecule has 2 aromatic carbocycles. The molecule has 0 saturated carbocycles. The van der Waals surface area contributed by atoms with Crippen molar-refractivity contribution in [1.29, 1.82) is 0 Å². The van der Waals surface area contributed by atoms with Crippen LogP contribution in [0.2, 0.25) is 0 Å². The molecule has 0 aliphatic rings. The number of aromatic amines is 1. The van der Waals surface area contributed by atoms with Gasteiger partial charge in [0.15, 0.2) is 0 Å². The SMILES string of the molecule is Cc1cc(C)c2nc(-c3ccccc3CCN)[nH]c2c1. The van der Waals surface area contributed by atoms with Crippen molar-refractivity contribution in [2.75, 3.05) is 6.54 Å². The molecule has 1 aromatic heterocycles. The van der Waals surface area contributed by atoms with Crippen molar-refractivity contribution in [1.82, 2.24) is 9.97 Å². The van der Waals surface area contributed by atoms with Gasteiger partial charge >= 0.3 is 0 Å². The molecule has 102 valence electrons. The first-order valence-electron chi connectivity index (χ1n) is 6.94. The summed E-state index contributed by atoms with van der Waals surface area (Å²) in [5, 5.41) is 0. The maximum Gasteiger partial charge on any atom is 0.138 e. The summed E-state index contributed by atoms with van der Waals surface area (Å²) < 4.78 is 0. The van der Waals surface area contributed by atoms with Gasteiger partial charge in [-0.05, 0) is 49.6 Å². The van der Waals surface area contributed by atoms with Crippen molar-refractivity contribution in [3.05, 3.63) is 53.1 Å². The summed E-state index contributed by atoms with van der Waals surface area (Å²) in [6.07, 6.45) is 0.866. The second-order valence-corrected chi connectivity index (χ2v) is 5.26. The lowest BCUT2D eigenvalue weighted by atomic mass is 10.0. The molecular formula is C17H19N3.